The highest BCUT2D eigenvalue weighted by atomic mass is 35.5. The summed E-state index contributed by atoms with van der Waals surface area (Å²) in [6.07, 6.45) is 5.00. The van der Waals surface area contributed by atoms with Crippen LogP contribution in [0.25, 0.3) is 0 Å². The number of nitrogens with zero attached hydrogens (tertiary/aromatic N) is 2. The number of aliphatic hydroxyl groups is 1. The molecule has 2 saturated heterocycles. The van der Waals surface area contributed by atoms with Crippen LogP contribution in [0.1, 0.15) is 73.4 Å². The molecule has 0 aromatic heterocycles. The number of anilines is 1. The van der Waals surface area contributed by atoms with Crippen molar-refractivity contribution in [1.29, 1.82) is 0 Å². The van der Waals surface area contributed by atoms with Crippen LogP contribution in [0.15, 0.2) is 42.5 Å². The first-order chi connectivity index (χ1) is 18.7. The minimum Gasteiger partial charge on any atom is -0.371 e. The van der Waals surface area contributed by atoms with Crippen LogP contribution in [0.3, 0.4) is 0 Å². The number of carbonyl (C=O) groups excluding carboxylic acids is 2. The standard InChI is InChI=1S/C30H39ClFN3O3S/c1-20(2)23-5-4-6-24(18-23)30(38,39-32)29(37)35-15-11-22(12-16-35)17-21-9-13-34(14-10-21)25-7-8-26(27(31)19-25)28(36)33-3/h4-8,18-22,38H,9-17H2,1-3H3,(H,33,36)/t30-/m0/s1. The maximum atomic E-state index is 14.1. The molecule has 0 unspecified atom stereocenters. The summed E-state index contributed by atoms with van der Waals surface area (Å²) < 4.78 is 14.1. The van der Waals surface area contributed by atoms with E-state index in [1.807, 2.05) is 32.0 Å². The van der Waals surface area contributed by atoms with E-state index in [-0.39, 0.29) is 24.0 Å². The summed E-state index contributed by atoms with van der Waals surface area (Å²) >= 11 is 6.06. The van der Waals surface area contributed by atoms with Crippen molar-refractivity contribution in [2.24, 2.45) is 11.8 Å². The van der Waals surface area contributed by atoms with Crippen molar-refractivity contribution in [2.75, 3.05) is 38.1 Å². The van der Waals surface area contributed by atoms with Gasteiger partial charge in [0, 0.05) is 44.5 Å². The summed E-state index contributed by atoms with van der Waals surface area (Å²) in [7, 11) is 1.59. The fourth-order valence-electron chi connectivity index (χ4n) is 5.81. The molecule has 2 aliphatic heterocycles. The van der Waals surface area contributed by atoms with E-state index in [9.17, 15) is 18.6 Å². The number of hydrogen-bond donors (Lipinski definition) is 2. The van der Waals surface area contributed by atoms with Crippen LogP contribution >= 0.6 is 23.7 Å². The van der Waals surface area contributed by atoms with Crippen LogP contribution in [0.5, 0.6) is 0 Å². The largest absolute Gasteiger partial charge is 0.371 e. The SMILES string of the molecule is CNC(=O)c1ccc(N2CCC(CC3CCN(C(=O)[C@@](O)(SF)c4cccc(C(C)C)c4)CC3)CC2)cc1Cl. The Morgan fingerprint density at radius 3 is 2.28 bits per heavy atom. The van der Waals surface area contributed by atoms with Crippen molar-refractivity contribution < 1.29 is 18.6 Å². The third-order valence-corrected chi connectivity index (χ3v) is 9.26. The number of rotatable bonds is 8. The lowest BCUT2D eigenvalue weighted by atomic mass is 9.82. The molecule has 2 aliphatic rings. The first kappa shape index (κ1) is 29.7. The summed E-state index contributed by atoms with van der Waals surface area (Å²) in [5.74, 6) is 0.590. The van der Waals surface area contributed by atoms with Gasteiger partial charge in [0.25, 0.3) is 11.8 Å². The van der Waals surface area contributed by atoms with Crippen LogP contribution < -0.4 is 10.2 Å². The Kier molecular flexibility index (Phi) is 9.83. The minimum absolute atomic E-state index is 0.188. The molecule has 6 nitrogen and oxygen atoms in total. The van der Waals surface area contributed by atoms with Crippen molar-refractivity contribution in [1.82, 2.24) is 10.2 Å². The first-order valence-corrected chi connectivity index (χ1v) is 14.9. The van der Waals surface area contributed by atoms with Gasteiger partial charge >= 0.3 is 0 Å². The van der Waals surface area contributed by atoms with Gasteiger partial charge in [-0.3, -0.25) is 9.59 Å². The van der Waals surface area contributed by atoms with Gasteiger partial charge in [0.15, 0.2) is 0 Å². The molecule has 212 valence electrons. The zero-order chi connectivity index (χ0) is 28.2. The summed E-state index contributed by atoms with van der Waals surface area (Å²) in [4.78, 5) is 26.9. The number of amides is 2. The molecule has 1 atom stereocenters. The predicted molar refractivity (Wildman–Crippen MR) is 157 cm³/mol. The van der Waals surface area contributed by atoms with Crippen molar-refractivity contribution in [2.45, 2.75) is 56.8 Å². The van der Waals surface area contributed by atoms with E-state index >= 15 is 0 Å². The normalized spacial score (nSPS) is 18.7. The number of carbonyl (C=O) groups is 2. The van der Waals surface area contributed by atoms with Crippen molar-refractivity contribution in [3.8, 4) is 0 Å². The van der Waals surface area contributed by atoms with Gasteiger partial charge in [-0.15, -0.1) is 0 Å². The summed E-state index contributed by atoms with van der Waals surface area (Å²) in [5.41, 5.74) is 2.77. The van der Waals surface area contributed by atoms with Gasteiger partial charge in [-0.25, -0.2) is 0 Å². The van der Waals surface area contributed by atoms with Gasteiger partial charge in [0.1, 0.15) is 0 Å². The second kappa shape index (κ2) is 12.9. The van der Waals surface area contributed by atoms with Crippen molar-refractivity contribution in [3.63, 3.8) is 0 Å². The third-order valence-electron chi connectivity index (χ3n) is 8.32. The number of hydrogen-bond acceptors (Lipinski definition) is 5. The summed E-state index contributed by atoms with van der Waals surface area (Å²) in [6, 6.07) is 12.7. The molecule has 2 aromatic carbocycles. The highest BCUT2D eigenvalue weighted by molar-refractivity contribution is 7.95. The fraction of sp³-hybridized carbons (Fsp3) is 0.533. The minimum atomic E-state index is -2.22. The van der Waals surface area contributed by atoms with Gasteiger partial charge in [0.2, 0.25) is 4.93 Å². The topological polar surface area (TPSA) is 72.9 Å². The lowest BCUT2D eigenvalue weighted by molar-refractivity contribution is -0.145. The van der Waals surface area contributed by atoms with Crippen LogP contribution in [0.2, 0.25) is 5.02 Å². The molecule has 2 aromatic rings. The Hall–Kier alpha value is -2.29. The molecular weight excluding hydrogens is 537 g/mol. The molecule has 39 heavy (non-hydrogen) atoms. The molecule has 0 saturated carbocycles. The number of piperidine rings is 2. The smallest absolute Gasteiger partial charge is 0.272 e. The Bertz CT molecular complexity index is 1170. The average Bonchev–Trinajstić information content (AvgIpc) is 2.96. The van der Waals surface area contributed by atoms with Crippen LogP contribution in [-0.4, -0.2) is 55.0 Å². The zero-order valence-electron chi connectivity index (χ0n) is 23.0. The van der Waals surface area contributed by atoms with E-state index in [0.29, 0.717) is 41.1 Å². The molecule has 2 amide bonds. The lowest BCUT2D eigenvalue weighted by Gasteiger charge is -2.39. The van der Waals surface area contributed by atoms with Gasteiger partial charge in [-0.1, -0.05) is 49.7 Å². The fourth-order valence-corrected chi connectivity index (χ4v) is 6.49. The Balaban J connectivity index is 1.28. The molecule has 0 bridgehead atoms. The van der Waals surface area contributed by atoms with Crippen molar-refractivity contribution in [3.05, 3.63) is 64.2 Å². The first-order valence-electron chi connectivity index (χ1n) is 13.8. The molecule has 2 fully saturated rings. The maximum Gasteiger partial charge on any atom is 0.272 e. The zero-order valence-corrected chi connectivity index (χ0v) is 24.5. The second-order valence-corrected chi connectivity index (χ2v) is 12.3. The second-order valence-electron chi connectivity index (χ2n) is 11.1. The maximum absolute atomic E-state index is 14.1. The monoisotopic (exact) mass is 575 g/mol. The average molecular weight is 576 g/mol. The van der Waals surface area contributed by atoms with Gasteiger partial charge in [0.05, 0.1) is 22.7 Å². The molecule has 0 aliphatic carbocycles. The highest BCUT2D eigenvalue weighted by Gasteiger charge is 2.44. The van der Waals surface area contributed by atoms with E-state index in [4.69, 9.17) is 11.6 Å². The van der Waals surface area contributed by atoms with E-state index in [1.54, 1.807) is 36.2 Å². The number of benzene rings is 2. The molecular formula is C30H39ClFN3O3S. The van der Waals surface area contributed by atoms with E-state index in [1.165, 1.54) is 0 Å². The van der Waals surface area contributed by atoms with Crippen LogP contribution in [-0.2, 0) is 9.73 Å². The molecule has 0 radical (unpaired) electrons. The number of likely N-dealkylation sites (tertiary alicyclic amines) is 1. The number of nitrogens with one attached hydrogen (secondary N) is 1. The molecule has 0 spiro atoms. The van der Waals surface area contributed by atoms with E-state index in [0.717, 1.165) is 56.4 Å². The lowest BCUT2D eigenvalue weighted by Crippen LogP contribution is -2.48. The third kappa shape index (κ3) is 6.72. The molecule has 2 heterocycles. The van der Waals surface area contributed by atoms with E-state index in [2.05, 4.69) is 10.2 Å². The molecule has 4 rings (SSSR count). The number of halogens is 2. The highest BCUT2D eigenvalue weighted by Crippen LogP contribution is 2.39. The summed E-state index contributed by atoms with van der Waals surface area (Å²) in [6.45, 7) is 7.00. The van der Waals surface area contributed by atoms with E-state index < -0.39 is 10.8 Å². The van der Waals surface area contributed by atoms with Crippen molar-refractivity contribution >= 4 is 41.3 Å². The van der Waals surface area contributed by atoms with Crippen LogP contribution in [0.4, 0.5) is 9.57 Å². The van der Waals surface area contributed by atoms with Gasteiger partial charge in [-0.05, 0) is 73.6 Å². The van der Waals surface area contributed by atoms with Crippen LogP contribution in [0, 0.1) is 11.8 Å². The summed E-state index contributed by atoms with van der Waals surface area (Å²) in [5, 5.41) is 14.2. The Morgan fingerprint density at radius 1 is 1.08 bits per heavy atom. The predicted octanol–water partition coefficient (Wildman–Crippen LogP) is 6.13. The van der Waals surface area contributed by atoms with Gasteiger partial charge in [-0.2, -0.15) is 3.89 Å². The molecule has 9 heteroatoms. The van der Waals surface area contributed by atoms with Gasteiger partial charge < -0.3 is 20.2 Å². The Labute approximate surface area is 240 Å². The Morgan fingerprint density at radius 2 is 1.72 bits per heavy atom. The molecule has 2 N–H and O–H groups in total. The quantitative estimate of drug-likeness (QED) is 0.370.